The zero-order valence-corrected chi connectivity index (χ0v) is 13.7. The van der Waals surface area contributed by atoms with Crippen molar-refractivity contribution in [3.05, 3.63) is 30.0 Å². The van der Waals surface area contributed by atoms with Gasteiger partial charge in [0, 0.05) is 43.4 Å². The Bertz CT molecular complexity index is 570. The minimum Gasteiger partial charge on any atom is -0.369 e. The molecule has 0 radical (unpaired) electrons. The summed E-state index contributed by atoms with van der Waals surface area (Å²) in [6.07, 6.45) is 6.32. The fraction of sp³-hybridized carbons (Fsp3) is 0.462. The Morgan fingerprint density at radius 3 is 2.68 bits per heavy atom. The third-order valence-corrected chi connectivity index (χ3v) is 3.58. The van der Waals surface area contributed by atoms with Crippen LogP contribution in [0.25, 0.3) is 0 Å². The molecule has 0 spiro atoms. The molecule has 9 heteroatoms. The highest BCUT2D eigenvalue weighted by atomic mass is 35.5. The summed E-state index contributed by atoms with van der Waals surface area (Å²) in [6.45, 7) is 0.744. The number of H-pyrrole nitrogens is 1. The molecule has 2 aromatic rings. The molecule has 6 N–H and O–H groups in total. The number of nitrogens with one attached hydrogen (secondary N) is 2. The van der Waals surface area contributed by atoms with Crippen molar-refractivity contribution >= 4 is 36.6 Å². The fourth-order valence-corrected chi connectivity index (χ4v) is 2.43. The molecule has 1 saturated carbocycles. The van der Waals surface area contributed by atoms with Gasteiger partial charge in [-0.25, -0.2) is 9.97 Å². The molecular formula is C13H21Cl2N7. The van der Waals surface area contributed by atoms with Crippen molar-refractivity contribution in [2.75, 3.05) is 17.6 Å². The van der Waals surface area contributed by atoms with Crippen LogP contribution in [0.4, 0.5) is 11.8 Å². The summed E-state index contributed by atoms with van der Waals surface area (Å²) >= 11 is 0. The van der Waals surface area contributed by atoms with Gasteiger partial charge in [0.2, 0.25) is 5.95 Å². The number of nitrogens with zero attached hydrogens (tertiary/aromatic N) is 3. The number of nitrogens with two attached hydrogens (primary N) is 2. The fourth-order valence-electron chi connectivity index (χ4n) is 2.43. The van der Waals surface area contributed by atoms with Gasteiger partial charge in [0.25, 0.3) is 0 Å². The van der Waals surface area contributed by atoms with Crippen LogP contribution in [-0.2, 0) is 6.42 Å². The van der Waals surface area contributed by atoms with E-state index in [1.807, 2.05) is 12.3 Å². The number of rotatable bonds is 5. The van der Waals surface area contributed by atoms with Crippen LogP contribution < -0.4 is 16.8 Å². The normalized spacial score (nSPS) is 19.5. The maximum atomic E-state index is 5.82. The second kappa shape index (κ2) is 8.17. The predicted molar refractivity (Wildman–Crippen MR) is 91.7 cm³/mol. The van der Waals surface area contributed by atoms with Crippen molar-refractivity contribution in [3.63, 3.8) is 0 Å². The first-order chi connectivity index (χ1) is 9.70. The summed E-state index contributed by atoms with van der Waals surface area (Å²) in [4.78, 5) is 15.7. The standard InChI is InChI=1S/C13H19N7.2ClH/c14-9-5-8(6-9)10-7-12(20-13(15)19-10)16-2-1-11-17-3-4-18-11;;/h3-4,7-9H,1-2,5-6,14H2,(H,17,18)(H3,15,16,19,20);2*1H. The zero-order chi connectivity index (χ0) is 13.9. The first-order valence-corrected chi connectivity index (χ1v) is 6.83. The average molecular weight is 346 g/mol. The van der Waals surface area contributed by atoms with Crippen LogP contribution in [0.3, 0.4) is 0 Å². The van der Waals surface area contributed by atoms with Crippen LogP contribution in [0.5, 0.6) is 0 Å². The summed E-state index contributed by atoms with van der Waals surface area (Å²) in [5.74, 6) is 2.44. The first kappa shape index (κ1) is 18.5. The predicted octanol–water partition coefficient (Wildman–Crippen LogP) is 1.48. The van der Waals surface area contributed by atoms with E-state index in [-0.39, 0.29) is 24.8 Å². The Morgan fingerprint density at radius 2 is 2.05 bits per heavy atom. The molecule has 0 bridgehead atoms. The van der Waals surface area contributed by atoms with Crippen molar-refractivity contribution in [2.24, 2.45) is 5.73 Å². The van der Waals surface area contributed by atoms with E-state index in [1.54, 1.807) is 6.20 Å². The molecule has 1 aliphatic carbocycles. The van der Waals surface area contributed by atoms with E-state index in [2.05, 4.69) is 25.3 Å². The SMILES string of the molecule is Cl.Cl.Nc1nc(NCCc2ncc[nH]2)cc(C2CC(N)C2)n1. The summed E-state index contributed by atoms with van der Waals surface area (Å²) in [6, 6.07) is 2.27. The Morgan fingerprint density at radius 1 is 1.27 bits per heavy atom. The van der Waals surface area contributed by atoms with E-state index in [0.717, 1.165) is 43.1 Å². The number of aromatic amines is 1. The quantitative estimate of drug-likeness (QED) is 0.651. The van der Waals surface area contributed by atoms with E-state index in [0.29, 0.717) is 17.9 Å². The lowest BCUT2D eigenvalue weighted by Crippen LogP contribution is -2.35. The molecule has 0 aromatic carbocycles. The number of hydrogen-bond acceptors (Lipinski definition) is 6. The highest BCUT2D eigenvalue weighted by Gasteiger charge is 2.29. The highest BCUT2D eigenvalue weighted by molar-refractivity contribution is 5.85. The monoisotopic (exact) mass is 345 g/mol. The summed E-state index contributed by atoms with van der Waals surface area (Å²) < 4.78 is 0. The van der Waals surface area contributed by atoms with Gasteiger partial charge in [0.15, 0.2) is 0 Å². The maximum Gasteiger partial charge on any atom is 0.222 e. The Hall–Kier alpha value is -1.57. The Labute approximate surface area is 141 Å². The Kier molecular flexibility index (Phi) is 6.86. The second-order valence-corrected chi connectivity index (χ2v) is 5.18. The van der Waals surface area contributed by atoms with Crippen molar-refractivity contribution in [1.29, 1.82) is 0 Å². The van der Waals surface area contributed by atoms with Gasteiger partial charge in [-0.3, -0.25) is 0 Å². The van der Waals surface area contributed by atoms with Gasteiger partial charge in [0.1, 0.15) is 11.6 Å². The number of nitrogen functional groups attached to an aromatic ring is 1. The van der Waals surface area contributed by atoms with E-state index >= 15 is 0 Å². The van der Waals surface area contributed by atoms with E-state index in [1.165, 1.54) is 0 Å². The van der Waals surface area contributed by atoms with Crippen LogP contribution in [0.15, 0.2) is 18.5 Å². The van der Waals surface area contributed by atoms with Gasteiger partial charge in [0.05, 0.1) is 5.69 Å². The average Bonchev–Trinajstić information content (AvgIpc) is 2.87. The maximum absolute atomic E-state index is 5.82. The van der Waals surface area contributed by atoms with Crippen LogP contribution in [-0.4, -0.2) is 32.5 Å². The second-order valence-electron chi connectivity index (χ2n) is 5.18. The first-order valence-electron chi connectivity index (χ1n) is 6.83. The number of imidazole rings is 1. The molecule has 0 unspecified atom stereocenters. The lowest BCUT2D eigenvalue weighted by atomic mass is 9.78. The van der Waals surface area contributed by atoms with Gasteiger partial charge in [-0.05, 0) is 12.8 Å². The number of anilines is 2. The van der Waals surface area contributed by atoms with Crippen molar-refractivity contribution in [1.82, 2.24) is 19.9 Å². The Balaban J connectivity index is 0.00000121. The molecule has 0 aliphatic heterocycles. The lowest BCUT2D eigenvalue weighted by molar-refractivity contribution is 0.345. The van der Waals surface area contributed by atoms with Gasteiger partial charge in [-0.2, -0.15) is 4.98 Å². The van der Waals surface area contributed by atoms with E-state index in [9.17, 15) is 0 Å². The number of aromatic nitrogens is 4. The molecule has 3 rings (SSSR count). The zero-order valence-electron chi connectivity index (χ0n) is 12.0. The molecule has 7 nitrogen and oxygen atoms in total. The molecule has 0 saturated heterocycles. The van der Waals surface area contributed by atoms with Crippen LogP contribution in [0.1, 0.15) is 30.3 Å². The van der Waals surface area contributed by atoms with E-state index < -0.39 is 0 Å². The molecule has 1 aliphatic rings. The number of hydrogen-bond donors (Lipinski definition) is 4. The lowest BCUT2D eigenvalue weighted by Gasteiger charge is -2.32. The molecule has 122 valence electrons. The minimum absolute atomic E-state index is 0. The largest absolute Gasteiger partial charge is 0.369 e. The summed E-state index contributed by atoms with van der Waals surface area (Å²) in [7, 11) is 0. The van der Waals surface area contributed by atoms with E-state index in [4.69, 9.17) is 11.5 Å². The van der Waals surface area contributed by atoms with Gasteiger partial charge in [-0.15, -0.1) is 24.8 Å². The van der Waals surface area contributed by atoms with Gasteiger partial charge >= 0.3 is 0 Å². The van der Waals surface area contributed by atoms with Gasteiger partial charge < -0.3 is 21.8 Å². The van der Waals surface area contributed by atoms with Gasteiger partial charge in [-0.1, -0.05) is 0 Å². The molecule has 0 amide bonds. The summed E-state index contributed by atoms with van der Waals surface area (Å²) in [5, 5.41) is 3.26. The molecular weight excluding hydrogens is 325 g/mol. The topological polar surface area (TPSA) is 119 Å². The van der Waals surface area contributed by atoms with Crippen molar-refractivity contribution in [2.45, 2.75) is 31.2 Å². The molecule has 22 heavy (non-hydrogen) atoms. The highest BCUT2D eigenvalue weighted by Crippen LogP contribution is 2.35. The third kappa shape index (κ3) is 4.46. The van der Waals surface area contributed by atoms with Crippen LogP contribution in [0.2, 0.25) is 0 Å². The van der Waals surface area contributed by atoms with Crippen LogP contribution >= 0.6 is 24.8 Å². The molecule has 1 fully saturated rings. The molecule has 2 heterocycles. The van der Waals surface area contributed by atoms with Crippen molar-refractivity contribution in [3.8, 4) is 0 Å². The smallest absolute Gasteiger partial charge is 0.222 e. The number of halogens is 2. The van der Waals surface area contributed by atoms with Crippen LogP contribution in [0, 0.1) is 0 Å². The summed E-state index contributed by atoms with van der Waals surface area (Å²) in [5.41, 5.74) is 12.6. The third-order valence-electron chi connectivity index (χ3n) is 3.58. The minimum atomic E-state index is 0. The van der Waals surface area contributed by atoms with Crippen molar-refractivity contribution < 1.29 is 0 Å². The molecule has 2 aromatic heterocycles. The molecule has 0 atom stereocenters.